The fraction of sp³-hybridized carbons (Fsp3) is 0.278. The van der Waals surface area contributed by atoms with E-state index in [1.807, 2.05) is 0 Å². The summed E-state index contributed by atoms with van der Waals surface area (Å²) in [6.45, 7) is 1.78. The van der Waals surface area contributed by atoms with Crippen molar-refractivity contribution in [1.29, 1.82) is 0 Å². The monoisotopic (exact) mass is 332 g/mol. The molecule has 2 aromatic rings. The predicted octanol–water partition coefficient (Wildman–Crippen LogP) is 3.25. The number of rotatable bonds is 6. The molecule has 0 saturated carbocycles. The maximum absolute atomic E-state index is 13.5. The summed E-state index contributed by atoms with van der Waals surface area (Å²) < 4.78 is 19.1. The molecule has 2 N–H and O–H groups in total. The number of benzene rings is 2. The number of nitrogens with zero attached hydrogens (tertiary/aromatic N) is 1. The summed E-state index contributed by atoms with van der Waals surface area (Å²) in [6, 6.07) is 12.7. The molecular formula is C18H21FN2O3. The SMILES string of the molecule is CC(CO)N(C)C(=O)Nc1ccc(OCc2ccccc2F)cc1. The van der Waals surface area contributed by atoms with Gasteiger partial charge in [-0.3, -0.25) is 0 Å². The van der Waals surface area contributed by atoms with Crippen LogP contribution in [0.3, 0.4) is 0 Å². The number of aliphatic hydroxyl groups excluding tert-OH is 1. The minimum absolute atomic E-state index is 0.104. The Labute approximate surface area is 140 Å². The van der Waals surface area contributed by atoms with Crippen LogP contribution in [0.25, 0.3) is 0 Å². The molecule has 128 valence electrons. The molecule has 0 aliphatic heterocycles. The van der Waals surface area contributed by atoms with Gasteiger partial charge in [-0.25, -0.2) is 9.18 Å². The fourth-order valence-electron chi connectivity index (χ4n) is 1.95. The Bertz CT molecular complexity index is 676. The smallest absolute Gasteiger partial charge is 0.321 e. The third kappa shape index (κ3) is 4.70. The van der Waals surface area contributed by atoms with Gasteiger partial charge < -0.3 is 20.1 Å². The summed E-state index contributed by atoms with van der Waals surface area (Å²) in [5.41, 5.74) is 1.09. The van der Waals surface area contributed by atoms with Crippen LogP contribution in [0.15, 0.2) is 48.5 Å². The molecule has 0 aromatic heterocycles. The first-order valence-electron chi connectivity index (χ1n) is 7.62. The van der Waals surface area contributed by atoms with Crippen LogP contribution in [0.2, 0.25) is 0 Å². The van der Waals surface area contributed by atoms with Crippen molar-refractivity contribution >= 4 is 11.7 Å². The van der Waals surface area contributed by atoms with Crippen molar-refractivity contribution in [2.45, 2.75) is 19.6 Å². The van der Waals surface area contributed by atoms with Crippen molar-refractivity contribution in [3.8, 4) is 5.75 Å². The molecule has 1 atom stereocenters. The summed E-state index contributed by atoms with van der Waals surface area (Å²) in [4.78, 5) is 13.4. The molecule has 0 saturated heterocycles. The first kappa shape index (κ1) is 17.7. The van der Waals surface area contributed by atoms with Crippen LogP contribution in [0, 0.1) is 5.82 Å². The van der Waals surface area contributed by atoms with E-state index in [0.717, 1.165) is 0 Å². The molecule has 0 spiro atoms. The normalized spacial score (nSPS) is 11.7. The van der Waals surface area contributed by atoms with Gasteiger partial charge >= 0.3 is 6.03 Å². The largest absolute Gasteiger partial charge is 0.489 e. The Morgan fingerprint density at radius 1 is 1.25 bits per heavy atom. The molecule has 0 heterocycles. The van der Waals surface area contributed by atoms with Gasteiger partial charge in [0.15, 0.2) is 0 Å². The highest BCUT2D eigenvalue weighted by molar-refractivity contribution is 5.89. The van der Waals surface area contributed by atoms with Gasteiger partial charge in [-0.1, -0.05) is 18.2 Å². The van der Waals surface area contributed by atoms with E-state index < -0.39 is 0 Å². The van der Waals surface area contributed by atoms with Crippen LogP contribution >= 0.6 is 0 Å². The number of hydrogen-bond donors (Lipinski definition) is 2. The highest BCUT2D eigenvalue weighted by Gasteiger charge is 2.14. The first-order valence-corrected chi connectivity index (χ1v) is 7.62. The zero-order valence-electron chi connectivity index (χ0n) is 13.7. The maximum Gasteiger partial charge on any atom is 0.321 e. The molecule has 6 heteroatoms. The molecule has 0 bridgehead atoms. The summed E-state index contributed by atoms with van der Waals surface area (Å²) in [7, 11) is 1.61. The highest BCUT2D eigenvalue weighted by Crippen LogP contribution is 2.18. The lowest BCUT2D eigenvalue weighted by Crippen LogP contribution is -2.40. The van der Waals surface area contributed by atoms with E-state index in [2.05, 4.69) is 5.32 Å². The first-order chi connectivity index (χ1) is 11.5. The Balaban J connectivity index is 1.91. The number of amides is 2. The van der Waals surface area contributed by atoms with Crippen molar-refractivity contribution in [2.75, 3.05) is 19.0 Å². The Morgan fingerprint density at radius 2 is 1.92 bits per heavy atom. The second-order valence-corrected chi connectivity index (χ2v) is 5.48. The van der Waals surface area contributed by atoms with Crippen LogP contribution < -0.4 is 10.1 Å². The molecule has 5 nitrogen and oxygen atoms in total. The maximum atomic E-state index is 13.5. The molecule has 2 rings (SSSR count). The third-order valence-corrected chi connectivity index (χ3v) is 3.70. The van der Waals surface area contributed by atoms with Crippen LogP contribution in [-0.2, 0) is 6.61 Å². The summed E-state index contributed by atoms with van der Waals surface area (Å²) in [5, 5.41) is 11.8. The number of likely N-dealkylation sites (N-methyl/N-ethyl adjacent to an activating group) is 1. The Kier molecular flexibility index (Phi) is 6.14. The summed E-state index contributed by atoms with van der Waals surface area (Å²) >= 11 is 0. The van der Waals surface area contributed by atoms with E-state index in [9.17, 15) is 9.18 Å². The minimum atomic E-state index is -0.309. The van der Waals surface area contributed by atoms with E-state index in [-0.39, 0.29) is 31.1 Å². The van der Waals surface area contributed by atoms with Crippen molar-refractivity contribution in [3.05, 3.63) is 59.9 Å². The topological polar surface area (TPSA) is 61.8 Å². The number of carbonyl (C=O) groups excluding carboxylic acids is 1. The quantitative estimate of drug-likeness (QED) is 0.853. The second kappa shape index (κ2) is 8.31. The molecule has 1 unspecified atom stereocenters. The van der Waals surface area contributed by atoms with E-state index in [0.29, 0.717) is 17.0 Å². The summed E-state index contributed by atoms with van der Waals surface area (Å²) in [5.74, 6) is 0.274. The number of ether oxygens (including phenoxy) is 1. The van der Waals surface area contributed by atoms with E-state index in [1.54, 1.807) is 56.4 Å². The predicted molar refractivity (Wildman–Crippen MR) is 90.5 cm³/mol. The van der Waals surface area contributed by atoms with Gasteiger partial charge in [0.05, 0.1) is 12.6 Å². The van der Waals surface area contributed by atoms with Crippen LogP contribution in [0.5, 0.6) is 5.75 Å². The van der Waals surface area contributed by atoms with Gasteiger partial charge in [0.25, 0.3) is 0 Å². The second-order valence-electron chi connectivity index (χ2n) is 5.48. The molecule has 24 heavy (non-hydrogen) atoms. The van der Waals surface area contributed by atoms with Crippen LogP contribution in [0.1, 0.15) is 12.5 Å². The van der Waals surface area contributed by atoms with Gasteiger partial charge in [0.2, 0.25) is 0 Å². The fourth-order valence-corrected chi connectivity index (χ4v) is 1.95. The number of anilines is 1. The van der Waals surface area contributed by atoms with E-state index in [4.69, 9.17) is 9.84 Å². The lowest BCUT2D eigenvalue weighted by molar-refractivity contribution is 0.166. The van der Waals surface area contributed by atoms with Gasteiger partial charge in [-0.15, -0.1) is 0 Å². The van der Waals surface area contributed by atoms with Gasteiger partial charge in [-0.2, -0.15) is 0 Å². The van der Waals surface area contributed by atoms with Crippen LogP contribution in [0.4, 0.5) is 14.9 Å². The van der Waals surface area contributed by atoms with E-state index >= 15 is 0 Å². The molecule has 0 aliphatic carbocycles. The molecule has 0 radical (unpaired) electrons. The average molecular weight is 332 g/mol. The number of urea groups is 1. The molecule has 0 aliphatic rings. The van der Waals surface area contributed by atoms with Crippen molar-refractivity contribution in [2.24, 2.45) is 0 Å². The highest BCUT2D eigenvalue weighted by atomic mass is 19.1. The van der Waals surface area contributed by atoms with E-state index in [1.165, 1.54) is 11.0 Å². The Morgan fingerprint density at radius 3 is 2.54 bits per heavy atom. The lowest BCUT2D eigenvalue weighted by Gasteiger charge is -2.23. The zero-order chi connectivity index (χ0) is 17.5. The molecule has 2 amide bonds. The zero-order valence-corrected chi connectivity index (χ0v) is 13.7. The number of carbonyl (C=O) groups is 1. The number of aliphatic hydroxyl groups is 1. The van der Waals surface area contributed by atoms with Crippen molar-refractivity contribution in [1.82, 2.24) is 4.90 Å². The summed E-state index contributed by atoms with van der Waals surface area (Å²) in [6.07, 6.45) is 0. The van der Waals surface area contributed by atoms with Gasteiger partial charge in [0.1, 0.15) is 18.2 Å². The molecular weight excluding hydrogens is 311 g/mol. The Hall–Kier alpha value is -2.60. The number of hydrogen-bond acceptors (Lipinski definition) is 3. The van der Waals surface area contributed by atoms with Crippen LogP contribution in [-0.4, -0.2) is 35.7 Å². The number of nitrogens with one attached hydrogen (secondary N) is 1. The molecule has 2 aromatic carbocycles. The third-order valence-electron chi connectivity index (χ3n) is 3.70. The van der Waals surface area contributed by atoms with Crippen molar-refractivity contribution in [3.63, 3.8) is 0 Å². The molecule has 0 fully saturated rings. The van der Waals surface area contributed by atoms with Gasteiger partial charge in [0, 0.05) is 18.3 Å². The standard InChI is InChI=1S/C18H21FN2O3/c1-13(11-22)21(2)18(23)20-15-7-9-16(10-8-15)24-12-14-5-3-4-6-17(14)19/h3-10,13,22H,11-12H2,1-2H3,(H,20,23). The minimum Gasteiger partial charge on any atom is -0.489 e. The van der Waals surface area contributed by atoms with Gasteiger partial charge in [-0.05, 0) is 37.3 Å². The van der Waals surface area contributed by atoms with Crippen molar-refractivity contribution < 1.29 is 19.0 Å². The average Bonchev–Trinajstić information content (AvgIpc) is 2.61. The number of halogens is 1. The lowest BCUT2D eigenvalue weighted by atomic mass is 10.2.